The lowest BCUT2D eigenvalue weighted by molar-refractivity contribution is 0.0598. The molecule has 272 valence electrons. The quantitative estimate of drug-likeness (QED) is 0.148. The van der Waals surface area contributed by atoms with Crippen LogP contribution in [-0.2, 0) is 4.74 Å². The van der Waals surface area contributed by atoms with Crippen molar-refractivity contribution in [2.24, 2.45) is 0 Å². The number of carbonyl (C=O) groups excluding carboxylic acids is 1. The fourth-order valence-electron chi connectivity index (χ4n) is 4.98. The van der Waals surface area contributed by atoms with Crippen molar-refractivity contribution in [1.82, 2.24) is 19.9 Å². The highest BCUT2D eigenvalue weighted by molar-refractivity contribution is 9.10. The maximum absolute atomic E-state index is 11.9. The Hall–Kier alpha value is -4.40. The Labute approximate surface area is 345 Å². The van der Waals surface area contributed by atoms with Gasteiger partial charge < -0.3 is 14.6 Å². The largest absolute Gasteiger partial charge is 0.478 e. The standard InChI is InChI=1S/C21H13Cl2N3O3S.C17H10BrCl2NO2S/c1-29-21-24-8-13(9-25-21)14-4-2-12(6-15(14)20(27)28)19-26-18(10-30-19)11-3-5-16(22)17(23)7-11;1-23-17(22)11-6-10(2-4-12(11)18)16-21-15(8-24-16)9-3-5-13(19)14(20)7-9/h2-10H,1H3,(H,27,28);2-8H,1H3. The highest BCUT2D eigenvalue weighted by Crippen LogP contribution is 2.36. The topological polar surface area (TPSA) is 124 Å². The summed E-state index contributed by atoms with van der Waals surface area (Å²) in [5, 5.41) is 17.0. The van der Waals surface area contributed by atoms with Crippen molar-refractivity contribution in [3.05, 3.63) is 132 Å². The average Bonchev–Trinajstić information content (AvgIpc) is 3.89. The van der Waals surface area contributed by atoms with Crippen LogP contribution >= 0.6 is 85.0 Å². The lowest BCUT2D eigenvalue weighted by Gasteiger charge is -2.08. The number of methoxy groups -OCH3 is 2. The van der Waals surface area contributed by atoms with E-state index in [1.807, 2.05) is 41.1 Å². The molecule has 0 aliphatic carbocycles. The number of thiazole rings is 2. The van der Waals surface area contributed by atoms with Gasteiger partial charge in [0.15, 0.2) is 0 Å². The molecule has 0 saturated heterocycles. The van der Waals surface area contributed by atoms with E-state index >= 15 is 0 Å². The van der Waals surface area contributed by atoms with Gasteiger partial charge in [-0.15, -0.1) is 22.7 Å². The lowest BCUT2D eigenvalue weighted by Crippen LogP contribution is -2.02. The van der Waals surface area contributed by atoms with Gasteiger partial charge in [-0.3, -0.25) is 0 Å². The molecule has 9 nitrogen and oxygen atoms in total. The number of carbonyl (C=O) groups is 2. The van der Waals surface area contributed by atoms with Crippen LogP contribution in [0.1, 0.15) is 20.7 Å². The van der Waals surface area contributed by atoms with Crippen molar-refractivity contribution in [2.45, 2.75) is 0 Å². The predicted molar refractivity (Wildman–Crippen MR) is 220 cm³/mol. The van der Waals surface area contributed by atoms with Gasteiger partial charge in [-0.05, 0) is 64.0 Å². The van der Waals surface area contributed by atoms with E-state index in [9.17, 15) is 14.7 Å². The summed E-state index contributed by atoms with van der Waals surface area (Å²) in [7, 11) is 2.82. The molecular formula is C38H23BrCl4N4O5S2. The Kier molecular flexibility index (Phi) is 12.6. The van der Waals surface area contributed by atoms with Crippen LogP contribution in [0.5, 0.6) is 6.01 Å². The van der Waals surface area contributed by atoms with E-state index in [4.69, 9.17) is 55.9 Å². The molecule has 3 heterocycles. The van der Waals surface area contributed by atoms with E-state index in [1.165, 1.54) is 49.3 Å². The molecule has 0 atom stereocenters. The zero-order chi connectivity index (χ0) is 38.5. The molecule has 7 rings (SSSR count). The Morgan fingerprint density at radius 3 is 1.63 bits per heavy atom. The fraction of sp³-hybridized carbons (Fsp3) is 0.0526. The summed E-state index contributed by atoms with van der Waals surface area (Å²) in [5.41, 5.74) is 6.47. The zero-order valence-electron chi connectivity index (χ0n) is 27.8. The first-order chi connectivity index (χ1) is 25.9. The second kappa shape index (κ2) is 17.4. The van der Waals surface area contributed by atoms with E-state index < -0.39 is 11.9 Å². The highest BCUT2D eigenvalue weighted by atomic mass is 79.9. The third-order valence-corrected chi connectivity index (χ3v) is 11.6. The van der Waals surface area contributed by atoms with Gasteiger partial charge in [-0.1, -0.05) is 76.7 Å². The van der Waals surface area contributed by atoms with Gasteiger partial charge in [-0.2, -0.15) is 0 Å². The molecule has 0 saturated carbocycles. The molecule has 4 aromatic carbocycles. The fourth-order valence-corrected chi connectivity index (χ4v) is 7.64. The summed E-state index contributed by atoms with van der Waals surface area (Å²) in [5.74, 6) is -1.45. The van der Waals surface area contributed by atoms with E-state index in [1.54, 1.807) is 42.5 Å². The van der Waals surface area contributed by atoms with Gasteiger partial charge in [-0.25, -0.2) is 29.5 Å². The molecule has 16 heteroatoms. The molecule has 7 aromatic rings. The van der Waals surface area contributed by atoms with Gasteiger partial charge in [0.25, 0.3) is 0 Å². The maximum Gasteiger partial charge on any atom is 0.339 e. The van der Waals surface area contributed by atoms with Crippen molar-refractivity contribution >= 4 is 96.9 Å². The third kappa shape index (κ3) is 8.93. The lowest BCUT2D eigenvalue weighted by atomic mass is 9.99. The number of rotatable bonds is 8. The summed E-state index contributed by atoms with van der Waals surface area (Å²) >= 11 is 30.3. The first-order valence-electron chi connectivity index (χ1n) is 15.4. The predicted octanol–water partition coefficient (Wildman–Crippen LogP) is 12.3. The Morgan fingerprint density at radius 1 is 0.648 bits per heavy atom. The van der Waals surface area contributed by atoms with Crippen molar-refractivity contribution in [2.75, 3.05) is 14.2 Å². The molecule has 54 heavy (non-hydrogen) atoms. The van der Waals surface area contributed by atoms with Gasteiger partial charge >= 0.3 is 17.9 Å². The van der Waals surface area contributed by atoms with Crippen molar-refractivity contribution in [3.63, 3.8) is 0 Å². The number of carboxylic acids is 1. The van der Waals surface area contributed by atoms with Crippen LogP contribution in [0.15, 0.2) is 100 Å². The van der Waals surface area contributed by atoms with Crippen LogP contribution in [0.4, 0.5) is 0 Å². The second-order valence-electron chi connectivity index (χ2n) is 11.0. The van der Waals surface area contributed by atoms with Gasteiger partial charge in [0, 0.05) is 55.4 Å². The summed E-state index contributed by atoms with van der Waals surface area (Å²) in [6, 6.07) is 21.5. The molecule has 1 N–H and O–H groups in total. The zero-order valence-corrected chi connectivity index (χ0v) is 34.1. The van der Waals surface area contributed by atoms with Crippen LogP contribution in [0.25, 0.3) is 54.8 Å². The second-order valence-corrected chi connectivity index (χ2v) is 15.2. The minimum atomic E-state index is -1.05. The molecule has 3 aromatic heterocycles. The van der Waals surface area contributed by atoms with E-state index in [-0.39, 0.29) is 11.6 Å². The Morgan fingerprint density at radius 2 is 1.15 bits per heavy atom. The number of halogens is 5. The SMILES string of the molecule is COC(=O)c1cc(-c2nc(-c3ccc(Cl)c(Cl)c3)cs2)ccc1Br.COc1ncc(-c2ccc(-c3nc(-c4ccc(Cl)c(Cl)c4)cs3)cc2C(=O)O)cn1. The van der Waals surface area contributed by atoms with Crippen LogP contribution in [-0.4, -0.2) is 51.2 Å². The molecule has 0 aliphatic rings. The molecule has 0 spiro atoms. The van der Waals surface area contributed by atoms with Crippen LogP contribution in [0.2, 0.25) is 20.1 Å². The van der Waals surface area contributed by atoms with Gasteiger partial charge in [0.1, 0.15) is 10.0 Å². The third-order valence-electron chi connectivity index (χ3n) is 7.68. The van der Waals surface area contributed by atoms with E-state index in [2.05, 4.69) is 35.9 Å². The Balaban J connectivity index is 0.000000189. The molecule has 0 unspecified atom stereocenters. The van der Waals surface area contributed by atoms with Crippen LogP contribution in [0, 0.1) is 0 Å². The van der Waals surface area contributed by atoms with E-state index in [0.29, 0.717) is 51.8 Å². The average molecular weight is 901 g/mol. The summed E-state index contributed by atoms with van der Waals surface area (Å²) < 4.78 is 10.4. The molecule has 0 bridgehead atoms. The number of aromatic carboxylic acids is 1. The number of hydrogen-bond donors (Lipinski definition) is 1. The maximum atomic E-state index is 11.9. The summed E-state index contributed by atoms with van der Waals surface area (Å²) in [4.78, 5) is 41.1. The Bertz CT molecular complexity index is 2510. The van der Waals surface area contributed by atoms with Crippen molar-refractivity contribution < 1.29 is 24.2 Å². The first-order valence-corrected chi connectivity index (χ1v) is 19.5. The van der Waals surface area contributed by atoms with Gasteiger partial charge in [0.05, 0.1) is 56.8 Å². The minimum Gasteiger partial charge on any atom is -0.478 e. The number of carboxylic acid groups (broad SMARTS) is 1. The van der Waals surface area contributed by atoms with Crippen LogP contribution < -0.4 is 4.74 Å². The highest BCUT2D eigenvalue weighted by Gasteiger charge is 2.17. The van der Waals surface area contributed by atoms with Crippen LogP contribution in [0.3, 0.4) is 0 Å². The molecule has 0 amide bonds. The number of benzene rings is 4. The number of esters is 1. The molecule has 0 fully saturated rings. The molecule has 0 aliphatic heterocycles. The first kappa shape index (κ1) is 39.3. The normalized spacial score (nSPS) is 10.7. The smallest absolute Gasteiger partial charge is 0.339 e. The number of aromatic nitrogens is 4. The van der Waals surface area contributed by atoms with Crippen molar-refractivity contribution in [3.8, 4) is 60.8 Å². The number of nitrogens with zero attached hydrogens (tertiary/aromatic N) is 4. The molecule has 0 radical (unpaired) electrons. The summed E-state index contributed by atoms with van der Waals surface area (Å²) in [6.07, 6.45) is 3.05. The minimum absolute atomic E-state index is 0.132. The van der Waals surface area contributed by atoms with Gasteiger partial charge in [0.2, 0.25) is 0 Å². The monoisotopic (exact) mass is 898 g/mol. The number of hydrogen-bond acceptors (Lipinski definition) is 10. The van der Waals surface area contributed by atoms with Crippen molar-refractivity contribution in [1.29, 1.82) is 0 Å². The summed E-state index contributed by atoms with van der Waals surface area (Å²) in [6.45, 7) is 0. The van der Waals surface area contributed by atoms with E-state index in [0.717, 1.165) is 33.1 Å². The number of ether oxygens (including phenoxy) is 2. The molecular weight excluding hydrogens is 878 g/mol.